The van der Waals surface area contributed by atoms with Gasteiger partial charge in [-0.05, 0) is 37.3 Å². The first kappa shape index (κ1) is 11.5. The fourth-order valence-corrected chi connectivity index (χ4v) is 1.98. The lowest BCUT2D eigenvalue weighted by atomic mass is 10.3. The second-order valence-electron chi connectivity index (χ2n) is 4.15. The maximum absolute atomic E-state index is 5.70. The van der Waals surface area contributed by atoms with Gasteiger partial charge in [0.05, 0.1) is 18.5 Å². The van der Waals surface area contributed by atoms with Crippen molar-refractivity contribution in [2.24, 2.45) is 0 Å². The Hall–Kier alpha value is -2.56. The summed E-state index contributed by atoms with van der Waals surface area (Å²) in [6, 6.07) is 9.63. The second kappa shape index (κ2) is 4.61. The van der Waals surface area contributed by atoms with E-state index in [1.165, 1.54) is 0 Å². The number of hydrogen-bond acceptors (Lipinski definition) is 4. The molecule has 0 aliphatic heterocycles. The summed E-state index contributed by atoms with van der Waals surface area (Å²) in [6.07, 6.45) is 3.38. The van der Waals surface area contributed by atoms with E-state index in [9.17, 15) is 0 Å². The summed E-state index contributed by atoms with van der Waals surface area (Å²) in [5.41, 5.74) is 8.88. The predicted octanol–water partition coefficient (Wildman–Crippen LogP) is 2.40. The van der Waals surface area contributed by atoms with Crippen molar-refractivity contribution in [3.05, 3.63) is 42.9 Å². The third kappa shape index (κ3) is 2.10. The van der Waals surface area contributed by atoms with Crippen LogP contribution in [0.3, 0.4) is 0 Å². The molecule has 2 N–H and O–H groups in total. The maximum atomic E-state index is 5.70. The molecule has 2 aromatic heterocycles. The largest absolute Gasteiger partial charge is 0.494 e. The van der Waals surface area contributed by atoms with Crippen LogP contribution in [0.5, 0.6) is 5.75 Å². The predicted molar refractivity (Wildman–Crippen MR) is 74.4 cm³/mol. The number of ether oxygens (including phenoxy) is 1. The fourth-order valence-electron chi connectivity index (χ4n) is 1.98. The van der Waals surface area contributed by atoms with Gasteiger partial charge in [-0.1, -0.05) is 0 Å². The molecule has 0 saturated heterocycles. The monoisotopic (exact) mass is 254 g/mol. The van der Waals surface area contributed by atoms with Gasteiger partial charge in [-0.3, -0.25) is 4.57 Å². The molecule has 5 heteroatoms. The molecule has 19 heavy (non-hydrogen) atoms. The average molecular weight is 254 g/mol. The molecule has 2 heterocycles. The van der Waals surface area contributed by atoms with Crippen LogP contribution in [0.2, 0.25) is 0 Å². The number of imidazole rings is 1. The lowest BCUT2D eigenvalue weighted by Gasteiger charge is -2.06. The molecule has 1 aromatic carbocycles. The zero-order valence-corrected chi connectivity index (χ0v) is 10.6. The molecule has 0 atom stereocenters. The molecule has 0 unspecified atom stereocenters. The fraction of sp³-hybridized carbons (Fsp3) is 0.143. The summed E-state index contributed by atoms with van der Waals surface area (Å²) < 4.78 is 7.35. The number of hydrogen-bond donors (Lipinski definition) is 1. The minimum atomic E-state index is 0.615. The van der Waals surface area contributed by atoms with E-state index in [1.54, 1.807) is 12.5 Å². The first-order chi connectivity index (χ1) is 9.28. The quantitative estimate of drug-likeness (QED) is 0.779. The minimum Gasteiger partial charge on any atom is -0.494 e. The minimum absolute atomic E-state index is 0.615. The molecule has 0 fully saturated rings. The van der Waals surface area contributed by atoms with E-state index in [0.717, 1.165) is 22.6 Å². The number of nitrogens with two attached hydrogens (primary N) is 1. The Labute approximate surface area is 110 Å². The summed E-state index contributed by atoms with van der Waals surface area (Å²) in [6.45, 7) is 2.62. The smallest absolute Gasteiger partial charge is 0.164 e. The van der Waals surface area contributed by atoms with Gasteiger partial charge in [0.2, 0.25) is 0 Å². The van der Waals surface area contributed by atoms with Crippen molar-refractivity contribution in [3.8, 4) is 11.4 Å². The topological polar surface area (TPSA) is 66.0 Å². The number of rotatable bonds is 3. The lowest BCUT2D eigenvalue weighted by molar-refractivity contribution is 0.340. The average Bonchev–Trinajstić information content (AvgIpc) is 2.83. The van der Waals surface area contributed by atoms with Crippen molar-refractivity contribution in [3.63, 3.8) is 0 Å². The molecule has 3 aromatic rings. The van der Waals surface area contributed by atoms with Gasteiger partial charge in [-0.15, -0.1) is 0 Å². The number of pyridine rings is 1. The number of aromatic nitrogens is 3. The molecule has 3 rings (SSSR count). The molecule has 0 spiro atoms. The third-order valence-electron chi connectivity index (χ3n) is 2.83. The zero-order valence-electron chi connectivity index (χ0n) is 10.6. The Bertz CT molecular complexity index is 703. The van der Waals surface area contributed by atoms with Crippen LogP contribution in [0.1, 0.15) is 6.92 Å². The Morgan fingerprint density at radius 3 is 2.74 bits per heavy atom. The van der Waals surface area contributed by atoms with Gasteiger partial charge in [-0.25, -0.2) is 9.97 Å². The molecule has 5 nitrogen and oxygen atoms in total. The summed E-state index contributed by atoms with van der Waals surface area (Å²) in [7, 11) is 0. The number of nitrogens with zero attached hydrogens (tertiary/aromatic N) is 3. The van der Waals surface area contributed by atoms with Crippen LogP contribution in [0.25, 0.3) is 16.9 Å². The van der Waals surface area contributed by atoms with Crippen LogP contribution >= 0.6 is 0 Å². The molecular weight excluding hydrogens is 240 g/mol. The zero-order chi connectivity index (χ0) is 13.2. The van der Waals surface area contributed by atoms with Gasteiger partial charge in [0.1, 0.15) is 17.6 Å². The van der Waals surface area contributed by atoms with E-state index in [0.29, 0.717) is 12.3 Å². The normalized spacial score (nSPS) is 10.8. The van der Waals surface area contributed by atoms with E-state index in [2.05, 4.69) is 9.97 Å². The molecule has 0 aliphatic rings. The van der Waals surface area contributed by atoms with Crippen LogP contribution in [0.15, 0.2) is 42.9 Å². The van der Waals surface area contributed by atoms with Crippen LogP contribution in [-0.4, -0.2) is 21.1 Å². The molecule has 0 saturated carbocycles. The van der Waals surface area contributed by atoms with Crippen molar-refractivity contribution in [2.75, 3.05) is 12.3 Å². The summed E-state index contributed by atoms with van der Waals surface area (Å²) in [5, 5.41) is 0. The van der Waals surface area contributed by atoms with Crippen LogP contribution in [0, 0.1) is 0 Å². The molecular formula is C14H14N4O. The van der Waals surface area contributed by atoms with Crippen molar-refractivity contribution in [1.29, 1.82) is 0 Å². The first-order valence-electron chi connectivity index (χ1n) is 6.09. The van der Waals surface area contributed by atoms with Crippen LogP contribution in [0.4, 0.5) is 5.69 Å². The van der Waals surface area contributed by atoms with E-state index >= 15 is 0 Å². The molecule has 0 amide bonds. The second-order valence-corrected chi connectivity index (χ2v) is 4.15. The van der Waals surface area contributed by atoms with E-state index in [4.69, 9.17) is 10.5 Å². The Morgan fingerprint density at radius 1 is 1.21 bits per heavy atom. The van der Waals surface area contributed by atoms with Crippen LogP contribution < -0.4 is 10.5 Å². The van der Waals surface area contributed by atoms with Crippen molar-refractivity contribution in [1.82, 2.24) is 14.5 Å². The van der Waals surface area contributed by atoms with Gasteiger partial charge in [-0.2, -0.15) is 0 Å². The molecule has 0 aliphatic carbocycles. The van der Waals surface area contributed by atoms with Gasteiger partial charge in [0.25, 0.3) is 0 Å². The third-order valence-corrected chi connectivity index (χ3v) is 2.83. The number of anilines is 1. The number of nitrogen functional groups attached to an aromatic ring is 1. The highest BCUT2D eigenvalue weighted by Gasteiger charge is 2.06. The molecule has 0 bridgehead atoms. The first-order valence-corrected chi connectivity index (χ1v) is 6.09. The highest BCUT2D eigenvalue weighted by atomic mass is 16.5. The number of benzene rings is 1. The van der Waals surface area contributed by atoms with Gasteiger partial charge in [0, 0.05) is 5.69 Å². The van der Waals surface area contributed by atoms with Crippen molar-refractivity contribution >= 4 is 16.9 Å². The Balaban J connectivity index is 2.04. The molecule has 0 radical (unpaired) electrons. The van der Waals surface area contributed by atoms with E-state index in [1.807, 2.05) is 41.8 Å². The van der Waals surface area contributed by atoms with Crippen molar-refractivity contribution in [2.45, 2.75) is 6.92 Å². The summed E-state index contributed by atoms with van der Waals surface area (Å²) >= 11 is 0. The lowest BCUT2D eigenvalue weighted by Crippen LogP contribution is -1.96. The summed E-state index contributed by atoms with van der Waals surface area (Å²) in [4.78, 5) is 8.62. The molecule has 96 valence electrons. The van der Waals surface area contributed by atoms with Gasteiger partial charge < -0.3 is 10.5 Å². The highest BCUT2D eigenvalue weighted by Crippen LogP contribution is 2.20. The van der Waals surface area contributed by atoms with Gasteiger partial charge in [0.15, 0.2) is 5.65 Å². The van der Waals surface area contributed by atoms with E-state index < -0.39 is 0 Å². The van der Waals surface area contributed by atoms with Crippen molar-refractivity contribution < 1.29 is 4.74 Å². The standard InChI is InChI=1S/C14H14N4O/c1-2-19-12-5-3-11(4-6-12)18-9-17-13-7-10(15)8-16-14(13)18/h3-9H,2,15H2,1H3. The van der Waals surface area contributed by atoms with E-state index in [-0.39, 0.29) is 0 Å². The SMILES string of the molecule is CCOc1ccc(-n2cnc3cc(N)cnc32)cc1. The summed E-state index contributed by atoms with van der Waals surface area (Å²) in [5.74, 6) is 0.855. The van der Waals surface area contributed by atoms with Gasteiger partial charge >= 0.3 is 0 Å². The Kier molecular flexibility index (Phi) is 2.79. The number of fused-ring (bicyclic) bond motifs is 1. The van der Waals surface area contributed by atoms with Crippen LogP contribution in [-0.2, 0) is 0 Å². The highest BCUT2D eigenvalue weighted by molar-refractivity contribution is 5.76. The maximum Gasteiger partial charge on any atom is 0.164 e. The Morgan fingerprint density at radius 2 is 2.00 bits per heavy atom.